The molecule has 0 fully saturated rings. The van der Waals surface area contributed by atoms with Crippen molar-refractivity contribution in [2.24, 2.45) is 0 Å². The van der Waals surface area contributed by atoms with Crippen LogP contribution in [0.15, 0.2) is 84.9 Å². The van der Waals surface area contributed by atoms with Gasteiger partial charge in [-0.25, -0.2) is 0 Å². The molecule has 0 aliphatic heterocycles. The fourth-order valence-corrected chi connectivity index (χ4v) is 3.90. The minimum Gasteiger partial charge on any atom is -0.399 e. The quantitative estimate of drug-likeness (QED) is 0.237. The maximum atomic E-state index is 14.0. The average Bonchev–Trinajstić information content (AvgIpc) is 2.84. The molecule has 4 aromatic rings. The van der Waals surface area contributed by atoms with E-state index in [-0.39, 0.29) is 16.8 Å². The lowest BCUT2D eigenvalue weighted by atomic mass is 9.94. The fraction of sp³-hybridized carbons (Fsp3) is 0.0714. The van der Waals surface area contributed by atoms with Gasteiger partial charge in [-0.3, -0.25) is 9.59 Å². The zero-order chi connectivity index (χ0) is 26.7. The number of rotatable bonds is 5. The molecule has 9 heteroatoms. The highest BCUT2D eigenvalue weighted by Gasteiger charge is 2.34. The van der Waals surface area contributed by atoms with E-state index in [0.29, 0.717) is 33.8 Å². The SMILES string of the molecule is Cc1cc(NC(=O)c2cccc(N)c2)ccc1-c1ccc(NC(=O)c2cccc(N)c2)cc1C(F)(F)F. The number of benzene rings is 4. The van der Waals surface area contributed by atoms with E-state index in [0.717, 1.165) is 6.07 Å². The summed E-state index contributed by atoms with van der Waals surface area (Å²) < 4.78 is 42.1. The maximum Gasteiger partial charge on any atom is 0.417 e. The van der Waals surface area contributed by atoms with E-state index in [4.69, 9.17) is 11.5 Å². The van der Waals surface area contributed by atoms with Crippen molar-refractivity contribution in [3.8, 4) is 11.1 Å². The van der Waals surface area contributed by atoms with Gasteiger partial charge < -0.3 is 22.1 Å². The number of aryl methyl sites for hydroxylation is 1. The summed E-state index contributed by atoms with van der Waals surface area (Å²) in [5.74, 6) is -0.972. The normalized spacial score (nSPS) is 11.1. The van der Waals surface area contributed by atoms with E-state index in [2.05, 4.69) is 10.6 Å². The number of nitrogens with two attached hydrogens (primary N) is 2. The van der Waals surface area contributed by atoms with Gasteiger partial charge in [0.2, 0.25) is 0 Å². The summed E-state index contributed by atoms with van der Waals surface area (Å²) in [6, 6.07) is 20.8. The largest absolute Gasteiger partial charge is 0.417 e. The Hall–Kier alpha value is -4.79. The molecule has 4 aromatic carbocycles. The lowest BCUT2D eigenvalue weighted by molar-refractivity contribution is -0.137. The first-order valence-corrected chi connectivity index (χ1v) is 11.2. The van der Waals surface area contributed by atoms with Crippen molar-refractivity contribution in [3.63, 3.8) is 0 Å². The molecule has 6 N–H and O–H groups in total. The predicted molar refractivity (Wildman–Crippen MR) is 139 cm³/mol. The zero-order valence-corrected chi connectivity index (χ0v) is 19.7. The smallest absolute Gasteiger partial charge is 0.399 e. The van der Waals surface area contributed by atoms with Gasteiger partial charge in [0.1, 0.15) is 0 Å². The Balaban J connectivity index is 1.61. The molecule has 4 rings (SSSR count). The van der Waals surface area contributed by atoms with Gasteiger partial charge in [-0.2, -0.15) is 13.2 Å². The molecule has 0 radical (unpaired) electrons. The molecule has 0 saturated heterocycles. The van der Waals surface area contributed by atoms with Crippen LogP contribution in [0.5, 0.6) is 0 Å². The van der Waals surface area contributed by atoms with Crippen LogP contribution < -0.4 is 22.1 Å². The fourth-order valence-electron chi connectivity index (χ4n) is 3.90. The molecule has 0 unspecified atom stereocenters. The summed E-state index contributed by atoms with van der Waals surface area (Å²) in [7, 11) is 0. The molecule has 0 spiro atoms. The van der Waals surface area contributed by atoms with Crippen molar-refractivity contribution in [1.29, 1.82) is 0 Å². The van der Waals surface area contributed by atoms with Crippen LogP contribution in [0.4, 0.5) is 35.9 Å². The van der Waals surface area contributed by atoms with Crippen LogP contribution in [-0.4, -0.2) is 11.8 Å². The monoisotopic (exact) mass is 504 g/mol. The van der Waals surface area contributed by atoms with Gasteiger partial charge in [0.05, 0.1) is 5.56 Å². The van der Waals surface area contributed by atoms with Crippen molar-refractivity contribution in [2.45, 2.75) is 13.1 Å². The van der Waals surface area contributed by atoms with E-state index in [1.54, 1.807) is 43.3 Å². The topological polar surface area (TPSA) is 110 Å². The molecule has 0 bridgehead atoms. The van der Waals surface area contributed by atoms with Crippen molar-refractivity contribution in [1.82, 2.24) is 0 Å². The molecule has 0 atom stereocenters. The molecule has 37 heavy (non-hydrogen) atoms. The van der Waals surface area contributed by atoms with E-state index in [9.17, 15) is 22.8 Å². The maximum absolute atomic E-state index is 14.0. The van der Waals surface area contributed by atoms with Crippen molar-refractivity contribution in [3.05, 3.63) is 107 Å². The van der Waals surface area contributed by atoms with Gasteiger partial charge in [-0.1, -0.05) is 24.3 Å². The van der Waals surface area contributed by atoms with Crippen LogP contribution in [0, 0.1) is 6.92 Å². The second kappa shape index (κ2) is 10.1. The number of nitrogens with one attached hydrogen (secondary N) is 2. The Morgan fingerprint density at radius 2 is 1.16 bits per heavy atom. The number of hydrogen-bond acceptors (Lipinski definition) is 4. The molecule has 0 aliphatic carbocycles. The van der Waals surface area contributed by atoms with E-state index < -0.39 is 23.6 Å². The first-order valence-electron chi connectivity index (χ1n) is 11.2. The Morgan fingerprint density at radius 1 is 0.676 bits per heavy atom. The number of halogens is 3. The van der Waals surface area contributed by atoms with Crippen LogP contribution in [0.3, 0.4) is 0 Å². The summed E-state index contributed by atoms with van der Waals surface area (Å²) in [6.07, 6.45) is -4.68. The molecule has 0 heterocycles. The molecule has 2 amide bonds. The summed E-state index contributed by atoms with van der Waals surface area (Å²) in [4.78, 5) is 25.0. The second-order valence-corrected chi connectivity index (χ2v) is 8.45. The third-order valence-electron chi connectivity index (χ3n) is 5.65. The highest BCUT2D eigenvalue weighted by Crippen LogP contribution is 2.40. The Bertz CT molecular complexity index is 1500. The van der Waals surface area contributed by atoms with Crippen LogP contribution in [0.1, 0.15) is 31.8 Å². The van der Waals surface area contributed by atoms with Crippen molar-refractivity contribution >= 4 is 34.6 Å². The number of carbonyl (C=O) groups is 2. The van der Waals surface area contributed by atoms with Crippen molar-refractivity contribution < 1.29 is 22.8 Å². The van der Waals surface area contributed by atoms with Gasteiger partial charge in [0.25, 0.3) is 11.8 Å². The highest BCUT2D eigenvalue weighted by atomic mass is 19.4. The van der Waals surface area contributed by atoms with Gasteiger partial charge >= 0.3 is 6.18 Å². The van der Waals surface area contributed by atoms with Gasteiger partial charge in [0, 0.05) is 33.9 Å². The summed E-state index contributed by atoms with van der Waals surface area (Å²) in [6.45, 7) is 1.65. The molecule has 6 nitrogen and oxygen atoms in total. The van der Waals surface area contributed by atoms with Gasteiger partial charge in [-0.15, -0.1) is 0 Å². The molecule has 0 aromatic heterocycles. The number of carbonyl (C=O) groups excluding carboxylic acids is 2. The third-order valence-corrected chi connectivity index (χ3v) is 5.65. The molecule has 0 aliphatic rings. The Labute approximate surface area is 211 Å². The lowest BCUT2D eigenvalue weighted by Gasteiger charge is -2.17. The van der Waals surface area contributed by atoms with E-state index in [1.807, 2.05) is 0 Å². The summed E-state index contributed by atoms with van der Waals surface area (Å²) in [5, 5.41) is 5.22. The minimum absolute atomic E-state index is 0.00725. The molecule has 0 saturated carbocycles. The summed E-state index contributed by atoms with van der Waals surface area (Å²) >= 11 is 0. The minimum atomic E-state index is -4.68. The van der Waals surface area contributed by atoms with Crippen LogP contribution in [-0.2, 0) is 6.18 Å². The molecular weight excluding hydrogens is 481 g/mol. The van der Waals surface area contributed by atoms with Crippen LogP contribution in [0.2, 0.25) is 0 Å². The average molecular weight is 505 g/mol. The Morgan fingerprint density at radius 3 is 1.62 bits per heavy atom. The first kappa shape index (κ1) is 25.3. The summed E-state index contributed by atoms with van der Waals surface area (Å²) in [5.41, 5.74) is 13.1. The van der Waals surface area contributed by atoms with Crippen LogP contribution >= 0.6 is 0 Å². The number of hydrogen-bond donors (Lipinski definition) is 4. The number of anilines is 4. The number of alkyl halides is 3. The van der Waals surface area contributed by atoms with Crippen LogP contribution in [0.25, 0.3) is 11.1 Å². The van der Waals surface area contributed by atoms with Gasteiger partial charge in [0.15, 0.2) is 0 Å². The molecule has 188 valence electrons. The number of amides is 2. The first-order chi connectivity index (χ1) is 17.5. The molecular formula is C28H23F3N4O2. The standard InChI is InChI=1S/C28H23F3N4O2/c1-16-12-21(34-26(36)17-4-2-6-19(32)13-17)8-10-23(16)24-11-9-22(15-25(24)28(29,30)31)35-27(37)18-5-3-7-20(33)14-18/h2-15H,32-33H2,1H3,(H,34,36)(H,35,37). The lowest BCUT2D eigenvalue weighted by Crippen LogP contribution is -2.14. The third kappa shape index (κ3) is 5.90. The van der Waals surface area contributed by atoms with E-state index >= 15 is 0 Å². The van der Waals surface area contributed by atoms with Crippen molar-refractivity contribution in [2.75, 3.05) is 22.1 Å². The Kier molecular flexibility index (Phi) is 6.88. The van der Waals surface area contributed by atoms with E-state index in [1.165, 1.54) is 42.5 Å². The van der Waals surface area contributed by atoms with Gasteiger partial charge in [-0.05, 0) is 84.3 Å². The zero-order valence-electron chi connectivity index (χ0n) is 19.7. The number of nitrogen functional groups attached to an aromatic ring is 2. The highest BCUT2D eigenvalue weighted by molar-refractivity contribution is 6.05. The predicted octanol–water partition coefficient (Wildman–Crippen LogP) is 6.35. The second-order valence-electron chi connectivity index (χ2n) is 8.45.